The fourth-order valence-corrected chi connectivity index (χ4v) is 7.57. The molecular formula is C21H28BrP. The van der Waals surface area contributed by atoms with Crippen LogP contribution in [-0.4, -0.2) is 11.5 Å². The Morgan fingerprint density at radius 2 is 1.04 bits per heavy atom. The van der Waals surface area contributed by atoms with Gasteiger partial charge in [0, 0.05) is 5.33 Å². The van der Waals surface area contributed by atoms with Gasteiger partial charge < -0.3 is 0 Å². The van der Waals surface area contributed by atoms with E-state index < -0.39 is 0 Å². The molecule has 0 aliphatic carbocycles. The maximum absolute atomic E-state index is 3.63. The van der Waals surface area contributed by atoms with E-state index in [-0.39, 0.29) is 7.92 Å². The van der Waals surface area contributed by atoms with Crippen LogP contribution >= 0.6 is 23.9 Å². The van der Waals surface area contributed by atoms with E-state index in [2.05, 4.69) is 81.7 Å². The molecule has 0 heterocycles. The van der Waals surface area contributed by atoms with Gasteiger partial charge in [0.15, 0.2) is 0 Å². The topological polar surface area (TPSA) is 0 Å². The third-order valence-electron chi connectivity index (χ3n) is 4.33. The van der Waals surface area contributed by atoms with Crippen molar-refractivity contribution in [1.29, 1.82) is 0 Å². The smallest absolute Gasteiger partial charge is 0.00348 e. The normalized spacial score (nSPS) is 11.3. The van der Waals surface area contributed by atoms with Crippen molar-refractivity contribution in [3.63, 3.8) is 0 Å². The molecule has 0 atom stereocenters. The second-order valence-electron chi connectivity index (χ2n) is 6.69. The lowest BCUT2D eigenvalue weighted by Gasteiger charge is -2.26. The monoisotopic (exact) mass is 390 g/mol. The molecule has 0 saturated heterocycles. The molecule has 0 amide bonds. The van der Waals surface area contributed by atoms with Crippen LogP contribution in [0.5, 0.6) is 0 Å². The van der Waals surface area contributed by atoms with Crippen LogP contribution in [0.2, 0.25) is 0 Å². The van der Waals surface area contributed by atoms with Gasteiger partial charge in [-0.25, -0.2) is 0 Å². The van der Waals surface area contributed by atoms with Crippen molar-refractivity contribution < 1.29 is 0 Å². The zero-order valence-electron chi connectivity index (χ0n) is 15.3. The van der Waals surface area contributed by atoms with Gasteiger partial charge in [-0.1, -0.05) is 51.3 Å². The summed E-state index contributed by atoms with van der Waals surface area (Å²) in [6.45, 7) is 13.6. The molecule has 0 spiro atoms. The number of rotatable bonds is 5. The number of halogens is 1. The van der Waals surface area contributed by atoms with Crippen molar-refractivity contribution in [3.8, 4) is 0 Å². The van der Waals surface area contributed by atoms with Gasteiger partial charge in [-0.15, -0.1) is 0 Å². The molecule has 0 unspecified atom stereocenters. The van der Waals surface area contributed by atoms with Gasteiger partial charge in [0.25, 0.3) is 0 Å². The molecule has 0 fully saturated rings. The maximum atomic E-state index is 3.63. The highest BCUT2D eigenvalue weighted by Crippen LogP contribution is 2.39. The van der Waals surface area contributed by atoms with Crippen LogP contribution in [0.15, 0.2) is 24.3 Å². The molecule has 0 N–H and O–H groups in total. The van der Waals surface area contributed by atoms with Crippen LogP contribution in [0.25, 0.3) is 0 Å². The summed E-state index contributed by atoms with van der Waals surface area (Å²) in [5.41, 5.74) is 8.59. The molecule has 0 aliphatic heterocycles. The molecule has 0 aliphatic rings. The van der Waals surface area contributed by atoms with E-state index in [4.69, 9.17) is 0 Å². The predicted octanol–water partition coefficient (Wildman–Crippen LogP) is 5.75. The average Bonchev–Trinajstić information content (AvgIpc) is 2.41. The fourth-order valence-electron chi connectivity index (χ4n) is 3.75. The van der Waals surface area contributed by atoms with Crippen molar-refractivity contribution >= 4 is 34.5 Å². The number of hydrogen-bond acceptors (Lipinski definition) is 0. The molecule has 23 heavy (non-hydrogen) atoms. The Labute approximate surface area is 151 Å². The summed E-state index contributed by atoms with van der Waals surface area (Å²) in [5, 5.41) is 4.28. The third-order valence-corrected chi connectivity index (χ3v) is 8.14. The molecule has 0 bridgehead atoms. The van der Waals surface area contributed by atoms with Crippen molar-refractivity contribution in [2.24, 2.45) is 0 Å². The maximum Gasteiger partial charge on any atom is 0.00348 e. The van der Waals surface area contributed by atoms with Gasteiger partial charge in [-0.3, -0.25) is 0 Å². The first-order valence-corrected chi connectivity index (χ1v) is 11.0. The number of benzene rings is 2. The fraction of sp³-hybridized carbons (Fsp3) is 0.429. The van der Waals surface area contributed by atoms with E-state index in [0.717, 1.165) is 5.33 Å². The Morgan fingerprint density at radius 1 is 0.696 bits per heavy atom. The van der Waals surface area contributed by atoms with Crippen LogP contribution < -0.4 is 10.6 Å². The van der Waals surface area contributed by atoms with Crippen molar-refractivity contribution in [2.75, 3.05) is 11.5 Å². The van der Waals surface area contributed by atoms with Gasteiger partial charge >= 0.3 is 0 Å². The molecule has 0 aromatic heterocycles. The SMILES string of the molecule is Cc1cc(C)c(P(CCCBr)c2c(C)cc(C)cc2C)c(C)c1. The van der Waals surface area contributed by atoms with Crippen LogP contribution in [-0.2, 0) is 0 Å². The number of hydrogen-bond donors (Lipinski definition) is 0. The second kappa shape index (κ2) is 7.95. The van der Waals surface area contributed by atoms with E-state index in [9.17, 15) is 0 Å². The Bertz CT molecular complexity index is 599. The number of aryl methyl sites for hydroxylation is 6. The van der Waals surface area contributed by atoms with E-state index in [0.29, 0.717) is 0 Å². The first-order valence-electron chi connectivity index (χ1n) is 8.34. The highest BCUT2D eigenvalue weighted by Gasteiger charge is 2.21. The van der Waals surface area contributed by atoms with E-state index in [1.54, 1.807) is 10.6 Å². The summed E-state index contributed by atoms with van der Waals surface area (Å²) in [5.74, 6) is 0. The van der Waals surface area contributed by atoms with Crippen molar-refractivity contribution in [2.45, 2.75) is 48.0 Å². The highest BCUT2D eigenvalue weighted by atomic mass is 79.9. The van der Waals surface area contributed by atoms with Gasteiger partial charge in [0.2, 0.25) is 0 Å². The first kappa shape index (κ1) is 18.7. The van der Waals surface area contributed by atoms with Crippen LogP contribution in [0.3, 0.4) is 0 Å². The summed E-state index contributed by atoms with van der Waals surface area (Å²) in [4.78, 5) is 0. The first-order chi connectivity index (χ1) is 10.8. The Kier molecular flexibility index (Phi) is 6.46. The van der Waals surface area contributed by atoms with Gasteiger partial charge in [0.05, 0.1) is 0 Å². The van der Waals surface area contributed by atoms with E-state index in [1.165, 1.54) is 46.0 Å². The molecule has 2 rings (SSSR count). The van der Waals surface area contributed by atoms with Gasteiger partial charge in [-0.05, 0) is 94.9 Å². The summed E-state index contributed by atoms with van der Waals surface area (Å²) in [6, 6.07) is 9.41. The minimum atomic E-state index is -0.295. The molecule has 0 radical (unpaired) electrons. The number of alkyl halides is 1. The lowest BCUT2D eigenvalue weighted by atomic mass is 10.1. The minimum absolute atomic E-state index is 0.295. The Morgan fingerprint density at radius 3 is 1.35 bits per heavy atom. The van der Waals surface area contributed by atoms with Crippen LogP contribution in [0.4, 0.5) is 0 Å². The Balaban J connectivity index is 2.64. The predicted molar refractivity (Wildman–Crippen MR) is 111 cm³/mol. The highest BCUT2D eigenvalue weighted by molar-refractivity contribution is 9.09. The molecule has 124 valence electrons. The molecule has 0 nitrogen and oxygen atoms in total. The van der Waals surface area contributed by atoms with Crippen molar-refractivity contribution in [1.82, 2.24) is 0 Å². The standard InChI is InChI=1S/C21H28BrP/c1-14-10-16(3)20(17(4)11-14)23(9-7-8-22)21-18(5)12-15(2)13-19(21)6/h10-13H,7-9H2,1-6H3. The molecule has 2 aromatic carbocycles. The van der Waals surface area contributed by atoms with Crippen LogP contribution in [0, 0.1) is 41.5 Å². The largest absolute Gasteiger partial charge is 0.0928 e. The summed E-state index contributed by atoms with van der Waals surface area (Å²) < 4.78 is 0. The Hall–Kier alpha value is -0.650. The molecular weight excluding hydrogens is 363 g/mol. The van der Waals surface area contributed by atoms with E-state index >= 15 is 0 Å². The molecule has 2 heteroatoms. The van der Waals surface area contributed by atoms with Crippen LogP contribution in [0.1, 0.15) is 39.8 Å². The lowest BCUT2D eigenvalue weighted by Crippen LogP contribution is -2.23. The van der Waals surface area contributed by atoms with E-state index in [1.807, 2.05) is 0 Å². The molecule has 2 aromatic rings. The lowest BCUT2D eigenvalue weighted by molar-refractivity contribution is 1.13. The zero-order chi connectivity index (χ0) is 17.1. The second-order valence-corrected chi connectivity index (χ2v) is 9.68. The summed E-state index contributed by atoms with van der Waals surface area (Å²) in [6.07, 6.45) is 2.49. The van der Waals surface area contributed by atoms with Crippen molar-refractivity contribution in [3.05, 3.63) is 57.6 Å². The zero-order valence-corrected chi connectivity index (χ0v) is 17.7. The third kappa shape index (κ3) is 4.25. The van der Waals surface area contributed by atoms with Gasteiger partial charge in [-0.2, -0.15) is 0 Å². The quantitative estimate of drug-likeness (QED) is 0.449. The summed E-state index contributed by atoms with van der Waals surface area (Å²) >= 11 is 3.63. The average molecular weight is 391 g/mol. The minimum Gasteiger partial charge on any atom is -0.0928 e. The molecule has 0 saturated carbocycles. The van der Waals surface area contributed by atoms with Gasteiger partial charge in [0.1, 0.15) is 0 Å². The summed E-state index contributed by atoms with van der Waals surface area (Å²) in [7, 11) is -0.295.